The van der Waals surface area contributed by atoms with E-state index in [9.17, 15) is 5.11 Å². The molecular weight excluding hydrogens is 164 g/mol. The summed E-state index contributed by atoms with van der Waals surface area (Å²) in [5.41, 5.74) is 1.57. The van der Waals surface area contributed by atoms with Crippen LogP contribution in [0.25, 0.3) is 0 Å². The lowest BCUT2D eigenvalue weighted by molar-refractivity contribution is 0.151. The van der Waals surface area contributed by atoms with E-state index in [0.29, 0.717) is 0 Å². The fourth-order valence-electron chi connectivity index (χ4n) is 1.54. The summed E-state index contributed by atoms with van der Waals surface area (Å²) in [5, 5.41) is 9.89. The van der Waals surface area contributed by atoms with Gasteiger partial charge in [-0.1, -0.05) is 6.07 Å². The normalized spacial score (nSPS) is 18.4. The summed E-state index contributed by atoms with van der Waals surface area (Å²) in [6.45, 7) is 2.01. The third-order valence-electron chi connectivity index (χ3n) is 2.55. The van der Waals surface area contributed by atoms with E-state index in [2.05, 4.69) is 0 Å². The van der Waals surface area contributed by atoms with Crippen molar-refractivity contribution in [3.05, 3.63) is 29.3 Å². The van der Waals surface area contributed by atoms with Gasteiger partial charge in [-0.3, -0.25) is 0 Å². The fourth-order valence-corrected chi connectivity index (χ4v) is 1.54. The second-order valence-electron chi connectivity index (χ2n) is 3.77. The fraction of sp³-hybridized carbons (Fsp3) is 0.455. The minimum atomic E-state index is -0.556. The second kappa shape index (κ2) is 2.74. The van der Waals surface area contributed by atoms with Crippen molar-refractivity contribution in [1.82, 2.24) is 0 Å². The zero-order valence-corrected chi connectivity index (χ0v) is 8.00. The summed E-state index contributed by atoms with van der Waals surface area (Å²) in [6, 6.07) is 5.91. The number of aliphatic hydroxyl groups is 1. The average molecular weight is 178 g/mol. The zero-order valence-electron chi connectivity index (χ0n) is 8.00. The van der Waals surface area contributed by atoms with E-state index >= 15 is 0 Å². The first-order valence-corrected chi connectivity index (χ1v) is 4.53. The largest absolute Gasteiger partial charge is 0.497 e. The highest BCUT2D eigenvalue weighted by atomic mass is 16.5. The second-order valence-corrected chi connectivity index (χ2v) is 3.77. The Morgan fingerprint density at radius 1 is 1.31 bits per heavy atom. The van der Waals surface area contributed by atoms with Crippen molar-refractivity contribution in [1.29, 1.82) is 0 Å². The Bertz CT molecular complexity index is 327. The van der Waals surface area contributed by atoms with Crippen LogP contribution in [0.1, 0.15) is 24.0 Å². The number of rotatable bonds is 2. The van der Waals surface area contributed by atoms with Gasteiger partial charge in [0.05, 0.1) is 12.7 Å². The van der Waals surface area contributed by atoms with Gasteiger partial charge in [0.1, 0.15) is 5.75 Å². The monoisotopic (exact) mass is 178 g/mol. The molecule has 1 aliphatic rings. The van der Waals surface area contributed by atoms with Gasteiger partial charge in [-0.15, -0.1) is 0 Å². The molecule has 0 atom stereocenters. The molecule has 1 aliphatic carbocycles. The predicted octanol–water partition coefficient (Wildman–Crippen LogP) is 1.99. The van der Waals surface area contributed by atoms with E-state index in [1.165, 1.54) is 0 Å². The van der Waals surface area contributed by atoms with Crippen LogP contribution in [-0.2, 0) is 5.60 Å². The van der Waals surface area contributed by atoms with Crippen LogP contribution in [0.3, 0.4) is 0 Å². The van der Waals surface area contributed by atoms with Gasteiger partial charge in [0.2, 0.25) is 0 Å². The Morgan fingerprint density at radius 2 is 2.00 bits per heavy atom. The van der Waals surface area contributed by atoms with Gasteiger partial charge in [-0.2, -0.15) is 0 Å². The van der Waals surface area contributed by atoms with E-state index < -0.39 is 5.60 Å². The lowest BCUT2D eigenvalue weighted by Crippen LogP contribution is -2.04. The molecular formula is C11H14O2. The lowest BCUT2D eigenvalue weighted by Gasteiger charge is -2.10. The van der Waals surface area contributed by atoms with Gasteiger partial charge < -0.3 is 9.84 Å². The van der Waals surface area contributed by atoms with Crippen molar-refractivity contribution < 1.29 is 9.84 Å². The van der Waals surface area contributed by atoms with Crippen molar-refractivity contribution in [2.45, 2.75) is 25.4 Å². The molecule has 2 nitrogen and oxygen atoms in total. The van der Waals surface area contributed by atoms with Gasteiger partial charge in [0.15, 0.2) is 0 Å². The highest BCUT2D eigenvalue weighted by Crippen LogP contribution is 2.46. The molecule has 1 fully saturated rings. The van der Waals surface area contributed by atoms with Crippen molar-refractivity contribution in [3.8, 4) is 5.75 Å². The van der Waals surface area contributed by atoms with Crippen LogP contribution in [-0.4, -0.2) is 12.2 Å². The first-order valence-electron chi connectivity index (χ1n) is 4.53. The first kappa shape index (κ1) is 8.57. The third-order valence-corrected chi connectivity index (χ3v) is 2.55. The van der Waals surface area contributed by atoms with Crippen molar-refractivity contribution in [2.24, 2.45) is 0 Å². The number of benzene rings is 1. The molecule has 1 aromatic carbocycles. The lowest BCUT2D eigenvalue weighted by atomic mass is 10.0. The smallest absolute Gasteiger partial charge is 0.119 e. The Morgan fingerprint density at radius 3 is 2.54 bits per heavy atom. The SMILES string of the molecule is COc1cc(C)cc(C2(O)CC2)c1. The highest BCUT2D eigenvalue weighted by Gasteiger charge is 2.42. The maximum absolute atomic E-state index is 9.89. The number of hydrogen-bond acceptors (Lipinski definition) is 2. The van der Waals surface area contributed by atoms with E-state index in [1.54, 1.807) is 7.11 Å². The highest BCUT2D eigenvalue weighted by molar-refractivity contribution is 5.38. The molecule has 0 heterocycles. The molecule has 70 valence electrons. The van der Waals surface area contributed by atoms with Crippen molar-refractivity contribution >= 4 is 0 Å². The molecule has 1 aromatic rings. The first-order chi connectivity index (χ1) is 6.14. The topological polar surface area (TPSA) is 29.5 Å². The van der Waals surface area contributed by atoms with Crippen LogP contribution in [0, 0.1) is 6.92 Å². The summed E-state index contributed by atoms with van der Waals surface area (Å²) >= 11 is 0. The molecule has 0 amide bonds. The Labute approximate surface area is 78.2 Å². The zero-order chi connectivity index (χ0) is 9.47. The van der Waals surface area contributed by atoms with Crippen LogP contribution in [0.2, 0.25) is 0 Å². The summed E-state index contributed by atoms with van der Waals surface area (Å²) in [6.07, 6.45) is 1.75. The predicted molar refractivity (Wildman–Crippen MR) is 50.9 cm³/mol. The molecule has 2 rings (SSSR count). The van der Waals surface area contributed by atoms with Crippen LogP contribution < -0.4 is 4.74 Å². The van der Waals surface area contributed by atoms with Crippen molar-refractivity contribution in [3.63, 3.8) is 0 Å². The van der Waals surface area contributed by atoms with E-state index in [0.717, 1.165) is 29.7 Å². The molecule has 0 unspecified atom stereocenters. The van der Waals surface area contributed by atoms with Gasteiger partial charge in [-0.05, 0) is 43.0 Å². The average Bonchev–Trinajstić information content (AvgIpc) is 2.84. The summed E-state index contributed by atoms with van der Waals surface area (Å²) in [7, 11) is 1.65. The Balaban J connectivity index is 2.40. The number of hydrogen-bond donors (Lipinski definition) is 1. The number of methoxy groups -OCH3 is 1. The minimum absolute atomic E-state index is 0.556. The van der Waals surface area contributed by atoms with Crippen molar-refractivity contribution in [2.75, 3.05) is 7.11 Å². The molecule has 1 N–H and O–H groups in total. The number of ether oxygens (including phenoxy) is 1. The standard InChI is InChI=1S/C11H14O2/c1-8-5-9(11(12)3-4-11)7-10(6-8)13-2/h5-7,12H,3-4H2,1-2H3. The maximum Gasteiger partial charge on any atom is 0.119 e. The molecule has 0 aromatic heterocycles. The van der Waals surface area contributed by atoms with Gasteiger partial charge in [0.25, 0.3) is 0 Å². The van der Waals surface area contributed by atoms with Crippen LogP contribution in [0.15, 0.2) is 18.2 Å². The van der Waals surface area contributed by atoms with E-state index in [-0.39, 0.29) is 0 Å². The molecule has 1 saturated carbocycles. The van der Waals surface area contributed by atoms with E-state index in [4.69, 9.17) is 4.74 Å². The third kappa shape index (κ3) is 1.54. The van der Waals surface area contributed by atoms with Gasteiger partial charge >= 0.3 is 0 Å². The summed E-state index contributed by atoms with van der Waals surface area (Å²) < 4.78 is 5.15. The van der Waals surface area contributed by atoms with Crippen LogP contribution >= 0.6 is 0 Å². The van der Waals surface area contributed by atoms with Crippen LogP contribution in [0.5, 0.6) is 5.75 Å². The van der Waals surface area contributed by atoms with Gasteiger partial charge in [0, 0.05) is 0 Å². The molecule has 0 aliphatic heterocycles. The Kier molecular flexibility index (Phi) is 1.81. The molecule has 0 saturated heterocycles. The molecule has 0 spiro atoms. The Hall–Kier alpha value is -1.02. The molecule has 2 heteroatoms. The molecule has 0 radical (unpaired) electrons. The quantitative estimate of drug-likeness (QED) is 0.750. The van der Waals surface area contributed by atoms with Crippen LogP contribution in [0.4, 0.5) is 0 Å². The summed E-state index contributed by atoms with van der Waals surface area (Å²) in [4.78, 5) is 0. The summed E-state index contributed by atoms with van der Waals surface area (Å²) in [5.74, 6) is 0.829. The molecule has 13 heavy (non-hydrogen) atoms. The molecule has 0 bridgehead atoms. The minimum Gasteiger partial charge on any atom is -0.497 e. The maximum atomic E-state index is 9.89. The van der Waals surface area contributed by atoms with Gasteiger partial charge in [-0.25, -0.2) is 0 Å². The number of aryl methyl sites for hydroxylation is 1. The van der Waals surface area contributed by atoms with E-state index in [1.807, 2.05) is 25.1 Å².